The molecule has 0 aromatic carbocycles. The van der Waals surface area contributed by atoms with Gasteiger partial charge in [0.15, 0.2) is 0 Å². The third-order valence-corrected chi connectivity index (χ3v) is 5.35. The van der Waals surface area contributed by atoms with Crippen LogP contribution in [0.5, 0.6) is 0 Å². The van der Waals surface area contributed by atoms with Gasteiger partial charge in [-0.15, -0.1) is 0 Å². The van der Waals surface area contributed by atoms with E-state index >= 15 is 0 Å². The standard InChI is InChI=1S/C16H28N2O3/c1-20-15-5-9-17(14-11-21-12-14)8-4-13(15)10-16(19)18-6-2-3-7-18/h13-15H,2-12H2,1H3/t13-,15+/m1/s1. The number of nitrogens with zero attached hydrogens (tertiary/aromatic N) is 2. The van der Waals surface area contributed by atoms with Gasteiger partial charge in [0.2, 0.25) is 5.91 Å². The molecule has 120 valence electrons. The number of ether oxygens (including phenoxy) is 2. The molecule has 0 aromatic heterocycles. The summed E-state index contributed by atoms with van der Waals surface area (Å²) < 4.78 is 11.0. The van der Waals surface area contributed by atoms with Crippen LogP contribution in [0.2, 0.25) is 0 Å². The highest BCUT2D eigenvalue weighted by Gasteiger charge is 2.34. The fourth-order valence-corrected chi connectivity index (χ4v) is 3.82. The minimum Gasteiger partial charge on any atom is -0.381 e. The molecule has 0 saturated carbocycles. The Labute approximate surface area is 127 Å². The maximum atomic E-state index is 12.4. The van der Waals surface area contributed by atoms with Crippen molar-refractivity contribution >= 4 is 5.91 Å². The molecule has 3 saturated heterocycles. The van der Waals surface area contributed by atoms with Crippen molar-refractivity contribution in [2.75, 3.05) is 46.5 Å². The molecule has 5 nitrogen and oxygen atoms in total. The van der Waals surface area contributed by atoms with Crippen molar-refractivity contribution in [3.05, 3.63) is 0 Å². The van der Waals surface area contributed by atoms with Gasteiger partial charge in [-0.3, -0.25) is 9.69 Å². The molecule has 3 fully saturated rings. The maximum absolute atomic E-state index is 12.4. The number of rotatable bonds is 4. The van der Waals surface area contributed by atoms with Crippen molar-refractivity contribution in [3.8, 4) is 0 Å². The number of carbonyl (C=O) groups is 1. The Bertz CT molecular complexity index is 353. The van der Waals surface area contributed by atoms with Gasteiger partial charge in [-0.1, -0.05) is 0 Å². The summed E-state index contributed by atoms with van der Waals surface area (Å²) in [7, 11) is 1.79. The van der Waals surface area contributed by atoms with Gasteiger partial charge in [0.1, 0.15) is 0 Å². The van der Waals surface area contributed by atoms with E-state index in [1.807, 2.05) is 4.90 Å². The summed E-state index contributed by atoms with van der Waals surface area (Å²) in [6.07, 6.45) is 5.31. The molecule has 0 unspecified atom stereocenters. The maximum Gasteiger partial charge on any atom is 0.222 e. The van der Waals surface area contributed by atoms with Gasteiger partial charge in [-0.05, 0) is 38.1 Å². The minimum absolute atomic E-state index is 0.225. The van der Waals surface area contributed by atoms with E-state index in [0.717, 1.165) is 52.2 Å². The Morgan fingerprint density at radius 1 is 1.14 bits per heavy atom. The highest BCUT2D eigenvalue weighted by atomic mass is 16.5. The summed E-state index contributed by atoms with van der Waals surface area (Å²) in [6, 6.07) is 0.593. The zero-order valence-electron chi connectivity index (χ0n) is 13.1. The second-order valence-corrected chi connectivity index (χ2v) is 6.63. The van der Waals surface area contributed by atoms with Gasteiger partial charge in [0.25, 0.3) is 0 Å². The number of hydrogen-bond acceptors (Lipinski definition) is 4. The average molecular weight is 296 g/mol. The van der Waals surface area contributed by atoms with Gasteiger partial charge in [-0.25, -0.2) is 0 Å². The highest BCUT2D eigenvalue weighted by Crippen LogP contribution is 2.27. The van der Waals surface area contributed by atoms with E-state index in [1.54, 1.807) is 7.11 Å². The zero-order valence-corrected chi connectivity index (χ0v) is 13.1. The average Bonchev–Trinajstić information content (AvgIpc) is 2.89. The number of likely N-dealkylation sites (tertiary alicyclic amines) is 2. The van der Waals surface area contributed by atoms with Crippen LogP contribution in [-0.4, -0.2) is 74.4 Å². The molecule has 0 bridgehead atoms. The zero-order chi connectivity index (χ0) is 14.7. The molecule has 0 aromatic rings. The van der Waals surface area contributed by atoms with Crippen LogP contribution in [-0.2, 0) is 14.3 Å². The van der Waals surface area contributed by atoms with Gasteiger partial charge in [0, 0.05) is 33.2 Å². The molecule has 0 radical (unpaired) electrons. The lowest BCUT2D eigenvalue weighted by Gasteiger charge is -2.36. The predicted molar refractivity (Wildman–Crippen MR) is 80.1 cm³/mol. The molecule has 2 atom stereocenters. The molecular weight excluding hydrogens is 268 g/mol. The van der Waals surface area contributed by atoms with Gasteiger partial charge in [0.05, 0.1) is 25.4 Å². The van der Waals surface area contributed by atoms with Crippen molar-refractivity contribution in [1.29, 1.82) is 0 Å². The summed E-state index contributed by atoms with van der Waals surface area (Å²) in [4.78, 5) is 17.0. The lowest BCUT2D eigenvalue weighted by atomic mass is 9.93. The van der Waals surface area contributed by atoms with Crippen LogP contribution in [0, 0.1) is 5.92 Å². The molecule has 0 N–H and O–H groups in total. The summed E-state index contributed by atoms with van der Waals surface area (Å²) in [5.74, 6) is 0.703. The van der Waals surface area contributed by atoms with Crippen molar-refractivity contribution in [2.24, 2.45) is 5.92 Å². The number of amides is 1. The Morgan fingerprint density at radius 3 is 2.48 bits per heavy atom. The van der Waals surface area contributed by atoms with Gasteiger partial charge in [-0.2, -0.15) is 0 Å². The third kappa shape index (κ3) is 3.58. The second kappa shape index (κ2) is 7.07. The molecule has 1 amide bonds. The van der Waals surface area contributed by atoms with E-state index in [2.05, 4.69) is 4.90 Å². The van der Waals surface area contributed by atoms with Gasteiger partial charge < -0.3 is 14.4 Å². The van der Waals surface area contributed by atoms with Crippen molar-refractivity contribution < 1.29 is 14.3 Å². The van der Waals surface area contributed by atoms with E-state index in [9.17, 15) is 4.79 Å². The predicted octanol–water partition coefficient (Wildman–Crippen LogP) is 1.12. The molecule has 3 rings (SSSR count). The smallest absolute Gasteiger partial charge is 0.222 e. The lowest BCUT2D eigenvalue weighted by Crippen LogP contribution is -2.49. The largest absolute Gasteiger partial charge is 0.381 e. The van der Waals surface area contributed by atoms with E-state index in [-0.39, 0.29) is 6.10 Å². The van der Waals surface area contributed by atoms with Crippen molar-refractivity contribution in [3.63, 3.8) is 0 Å². The summed E-state index contributed by atoms with van der Waals surface area (Å²) in [6.45, 7) is 5.79. The Balaban J connectivity index is 1.55. The van der Waals surface area contributed by atoms with Crippen LogP contribution in [0.15, 0.2) is 0 Å². The lowest BCUT2D eigenvalue weighted by molar-refractivity contribution is -0.132. The summed E-state index contributed by atoms with van der Waals surface area (Å²) in [5.41, 5.74) is 0. The Kier molecular flexibility index (Phi) is 5.14. The molecule has 0 spiro atoms. The van der Waals surface area contributed by atoms with E-state index in [1.165, 1.54) is 12.8 Å². The molecule has 3 aliphatic rings. The minimum atomic E-state index is 0.225. The molecule has 3 aliphatic heterocycles. The molecule has 0 aliphatic carbocycles. The number of methoxy groups -OCH3 is 1. The highest BCUT2D eigenvalue weighted by molar-refractivity contribution is 5.76. The SMILES string of the molecule is CO[C@H]1CCN(C2COC2)CC[C@@H]1CC(=O)N1CCCC1. The van der Waals surface area contributed by atoms with E-state index in [4.69, 9.17) is 9.47 Å². The first-order valence-electron chi connectivity index (χ1n) is 8.40. The molecule has 5 heteroatoms. The van der Waals surface area contributed by atoms with E-state index in [0.29, 0.717) is 24.3 Å². The van der Waals surface area contributed by atoms with Crippen LogP contribution >= 0.6 is 0 Å². The number of carbonyl (C=O) groups excluding carboxylic acids is 1. The molecule has 21 heavy (non-hydrogen) atoms. The van der Waals surface area contributed by atoms with Crippen molar-refractivity contribution in [2.45, 2.75) is 44.2 Å². The first-order valence-corrected chi connectivity index (χ1v) is 8.40. The van der Waals surface area contributed by atoms with Crippen LogP contribution in [0.1, 0.15) is 32.1 Å². The van der Waals surface area contributed by atoms with E-state index < -0.39 is 0 Å². The van der Waals surface area contributed by atoms with Gasteiger partial charge >= 0.3 is 0 Å². The van der Waals surface area contributed by atoms with Crippen LogP contribution in [0.25, 0.3) is 0 Å². The summed E-state index contributed by atoms with van der Waals surface area (Å²) >= 11 is 0. The van der Waals surface area contributed by atoms with Crippen LogP contribution in [0.3, 0.4) is 0 Å². The first kappa shape index (κ1) is 15.3. The fraction of sp³-hybridized carbons (Fsp3) is 0.938. The third-order valence-electron chi connectivity index (χ3n) is 5.35. The fourth-order valence-electron chi connectivity index (χ4n) is 3.82. The normalized spacial score (nSPS) is 32.0. The Morgan fingerprint density at radius 2 is 1.86 bits per heavy atom. The molecule has 3 heterocycles. The Hall–Kier alpha value is -0.650. The van der Waals surface area contributed by atoms with Crippen LogP contribution in [0.4, 0.5) is 0 Å². The first-order chi connectivity index (χ1) is 10.3. The number of hydrogen-bond donors (Lipinski definition) is 0. The topological polar surface area (TPSA) is 42.0 Å². The second-order valence-electron chi connectivity index (χ2n) is 6.63. The molecular formula is C16H28N2O3. The van der Waals surface area contributed by atoms with Crippen LogP contribution < -0.4 is 0 Å². The quantitative estimate of drug-likeness (QED) is 0.780. The monoisotopic (exact) mass is 296 g/mol. The summed E-state index contributed by atoms with van der Waals surface area (Å²) in [5, 5.41) is 0. The van der Waals surface area contributed by atoms with Crippen molar-refractivity contribution in [1.82, 2.24) is 9.80 Å².